The van der Waals surface area contributed by atoms with Gasteiger partial charge in [-0.05, 0) is 24.3 Å². The average molecular weight is 271 g/mol. The fraction of sp³-hybridized carbons (Fsp3) is 0. The Morgan fingerprint density at radius 1 is 1.07 bits per heavy atom. The zero-order valence-electron chi connectivity index (χ0n) is 7.43. The van der Waals surface area contributed by atoms with E-state index in [1.165, 1.54) is 24.3 Å². The third kappa shape index (κ3) is 6.38. The molecule has 0 aromatic heterocycles. The van der Waals surface area contributed by atoms with Crippen molar-refractivity contribution < 1.29 is 20.5 Å². The minimum atomic E-state index is -0.986. The first kappa shape index (κ1) is 23.0. The lowest BCUT2D eigenvalue weighted by Gasteiger charge is -1.92. The van der Waals surface area contributed by atoms with Gasteiger partial charge in [0, 0.05) is 0 Å². The molecule has 0 amide bonds. The Bertz CT molecular complexity index is 252. The van der Waals surface area contributed by atoms with E-state index in [0.29, 0.717) is 0 Å². The molecule has 10 N–H and O–H groups in total. The molecule has 0 radical (unpaired) electrons. The number of carbonyl (C=O) groups is 1. The molecule has 0 heterocycles. The molecular weight excluding hydrogens is 256 g/mol. The molecule has 1 aromatic carbocycles. The standard InChI is InChI=1S/C7H6O3.BrH.2H3N.H2O/c8-6-3-1-5(2-4-6)7(9)10;;;;/h1-4,8H,(H,9,10);1H;2*1H3;1H2. The van der Waals surface area contributed by atoms with Gasteiger partial charge in [0.1, 0.15) is 5.75 Å². The van der Waals surface area contributed by atoms with Crippen molar-refractivity contribution in [2.45, 2.75) is 0 Å². The van der Waals surface area contributed by atoms with Crippen molar-refractivity contribution >= 4 is 23.0 Å². The number of halogens is 1. The Morgan fingerprint density at radius 3 is 1.71 bits per heavy atom. The number of hydrogen-bond donors (Lipinski definition) is 4. The summed E-state index contributed by atoms with van der Waals surface area (Å²) in [7, 11) is 0. The zero-order valence-corrected chi connectivity index (χ0v) is 9.15. The maximum atomic E-state index is 10.2. The summed E-state index contributed by atoms with van der Waals surface area (Å²) >= 11 is 0. The van der Waals surface area contributed by atoms with Gasteiger partial charge in [-0.3, -0.25) is 0 Å². The van der Waals surface area contributed by atoms with Crippen LogP contribution in [0, 0.1) is 0 Å². The van der Waals surface area contributed by atoms with Gasteiger partial charge in [-0.2, -0.15) is 0 Å². The summed E-state index contributed by atoms with van der Waals surface area (Å²) in [4.78, 5) is 10.2. The van der Waals surface area contributed by atoms with Crippen molar-refractivity contribution in [3.8, 4) is 5.75 Å². The van der Waals surface area contributed by atoms with Crippen molar-refractivity contribution in [2.75, 3.05) is 0 Å². The summed E-state index contributed by atoms with van der Waals surface area (Å²) in [5.41, 5.74) is 0.179. The molecule has 0 aliphatic rings. The molecule has 0 aliphatic heterocycles. The Hall–Kier alpha value is -1.15. The minimum absolute atomic E-state index is 0. The van der Waals surface area contributed by atoms with Gasteiger partial charge >= 0.3 is 5.97 Å². The van der Waals surface area contributed by atoms with Crippen molar-refractivity contribution in [3.63, 3.8) is 0 Å². The molecule has 0 saturated heterocycles. The molecule has 0 aliphatic carbocycles. The third-order valence-electron chi connectivity index (χ3n) is 1.11. The average Bonchev–Trinajstić information content (AvgIpc) is 1.88. The van der Waals surface area contributed by atoms with E-state index < -0.39 is 5.97 Å². The van der Waals surface area contributed by atoms with Gasteiger partial charge in [0.05, 0.1) is 5.56 Å². The monoisotopic (exact) mass is 270 g/mol. The Balaban J connectivity index is -0.000000125. The van der Waals surface area contributed by atoms with Crippen molar-refractivity contribution in [1.82, 2.24) is 12.3 Å². The van der Waals surface area contributed by atoms with E-state index in [1.54, 1.807) is 0 Å². The van der Waals surface area contributed by atoms with Gasteiger partial charge in [-0.25, -0.2) is 4.79 Å². The van der Waals surface area contributed by atoms with E-state index in [0.717, 1.165) is 0 Å². The summed E-state index contributed by atoms with van der Waals surface area (Å²) in [6.07, 6.45) is 0. The number of benzene rings is 1. The molecule has 0 bridgehead atoms. The Kier molecular flexibility index (Phi) is 16.3. The van der Waals surface area contributed by atoms with E-state index in [4.69, 9.17) is 10.2 Å². The van der Waals surface area contributed by atoms with Crippen LogP contribution in [0.3, 0.4) is 0 Å². The molecule has 0 spiro atoms. The molecule has 0 unspecified atom stereocenters. The maximum absolute atomic E-state index is 10.2. The van der Waals surface area contributed by atoms with Gasteiger partial charge in [-0.1, -0.05) is 0 Å². The van der Waals surface area contributed by atoms with Gasteiger partial charge in [0.2, 0.25) is 0 Å². The minimum Gasteiger partial charge on any atom is -0.508 e. The van der Waals surface area contributed by atoms with Gasteiger partial charge in [0.15, 0.2) is 0 Å². The Labute approximate surface area is 91.8 Å². The van der Waals surface area contributed by atoms with Gasteiger partial charge in [-0.15, -0.1) is 17.0 Å². The molecule has 7 heteroatoms. The second-order valence-corrected chi connectivity index (χ2v) is 1.85. The molecule has 84 valence electrons. The highest BCUT2D eigenvalue weighted by molar-refractivity contribution is 8.93. The summed E-state index contributed by atoms with van der Waals surface area (Å²) in [6.45, 7) is 0. The number of carboxylic acids is 1. The molecule has 0 fully saturated rings. The van der Waals surface area contributed by atoms with Crippen LogP contribution in [-0.2, 0) is 0 Å². The van der Waals surface area contributed by atoms with Crippen molar-refractivity contribution in [2.24, 2.45) is 0 Å². The first-order valence-electron chi connectivity index (χ1n) is 2.72. The van der Waals surface area contributed by atoms with E-state index in [1.807, 2.05) is 0 Å². The molecule has 1 aromatic rings. The van der Waals surface area contributed by atoms with Crippen LogP contribution in [0.25, 0.3) is 0 Å². The van der Waals surface area contributed by atoms with E-state index in [9.17, 15) is 4.79 Å². The molecule has 14 heavy (non-hydrogen) atoms. The Morgan fingerprint density at radius 2 is 1.43 bits per heavy atom. The van der Waals surface area contributed by atoms with Crippen molar-refractivity contribution in [1.29, 1.82) is 0 Å². The first-order chi connectivity index (χ1) is 4.70. The number of rotatable bonds is 1. The first-order valence-corrected chi connectivity index (χ1v) is 2.72. The van der Waals surface area contributed by atoms with Gasteiger partial charge in [0.25, 0.3) is 0 Å². The highest BCUT2D eigenvalue weighted by Gasteiger charge is 1.99. The molecular formula is C7H15BrN2O4. The molecule has 0 saturated carbocycles. The van der Waals surface area contributed by atoms with Crippen LogP contribution >= 0.6 is 17.0 Å². The number of carboxylic acid groups (broad SMARTS) is 1. The number of phenolic OH excluding ortho intramolecular Hbond substituents is 1. The summed E-state index contributed by atoms with van der Waals surface area (Å²) in [5, 5.41) is 17.1. The van der Waals surface area contributed by atoms with Crippen LogP contribution < -0.4 is 12.3 Å². The largest absolute Gasteiger partial charge is 0.508 e. The second kappa shape index (κ2) is 9.93. The third-order valence-corrected chi connectivity index (χ3v) is 1.11. The van der Waals surface area contributed by atoms with Crippen LogP contribution in [0.2, 0.25) is 0 Å². The number of phenols is 1. The molecule has 6 nitrogen and oxygen atoms in total. The van der Waals surface area contributed by atoms with Crippen LogP contribution in [-0.4, -0.2) is 21.7 Å². The van der Waals surface area contributed by atoms with E-state index in [2.05, 4.69) is 0 Å². The number of aromatic carboxylic acids is 1. The summed E-state index contributed by atoms with van der Waals surface area (Å²) < 4.78 is 0. The highest BCUT2D eigenvalue weighted by atomic mass is 79.9. The quantitative estimate of drug-likeness (QED) is 0.602. The lowest BCUT2D eigenvalue weighted by Crippen LogP contribution is -1.93. The fourth-order valence-electron chi connectivity index (χ4n) is 0.604. The van der Waals surface area contributed by atoms with Crippen LogP contribution in [0.15, 0.2) is 24.3 Å². The smallest absolute Gasteiger partial charge is 0.335 e. The zero-order chi connectivity index (χ0) is 7.56. The maximum Gasteiger partial charge on any atom is 0.335 e. The summed E-state index contributed by atoms with van der Waals surface area (Å²) in [5.74, 6) is -0.912. The normalized spacial score (nSPS) is 6.57. The number of hydrogen-bond acceptors (Lipinski definition) is 4. The molecule has 0 atom stereocenters. The van der Waals surface area contributed by atoms with Crippen LogP contribution in [0.5, 0.6) is 5.75 Å². The second-order valence-electron chi connectivity index (χ2n) is 1.85. The lowest BCUT2D eigenvalue weighted by molar-refractivity contribution is 0.0697. The predicted octanol–water partition coefficient (Wildman–Crippen LogP) is 1.17. The highest BCUT2D eigenvalue weighted by Crippen LogP contribution is 2.08. The van der Waals surface area contributed by atoms with Crippen LogP contribution in [0.4, 0.5) is 0 Å². The number of aromatic hydroxyl groups is 1. The van der Waals surface area contributed by atoms with Crippen LogP contribution in [0.1, 0.15) is 10.4 Å². The molecule has 1 rings (SSSR count). The lowest BCUT2D eigenvalue weighted by atomic mass is 10.2. The van der Waals surface area contributed by atoms with E-state index in [-0.39, 0.29) is 46.1 Å². The van der Waals surface area contributed by atoms with E-state index >= 15 is 0 Å². The van der Waals surface area contributed by atoms with Crippen molar-refractivity contribution in [3.05, 3.63) is 29.8 Å². The van der Waals surface area contributed by atoms with Gasteiger partial charge < -0.3 is 28.0 Å². The SMILES string of the molecule is Br.N.N.O.O=C(O)c1ccc(O)cc1. The fourth-order valence-corrected chi connectivity index (χ4v) is 0.604. The summed E-state index contributed by atoms with van der Waals surface area (Å²) in [6, 6.07) is 5.36. The predicted molar refractivity (Wildman–Crippen MR) is 59.0 cm³/mol. The topological polar surface area (TPSA) is 159 Å².